The Kier molecular flexibility index (Phi) is 2.88. The van der Waals surface area contributed by atoms with Crippen molar-refractivity contribution in [2.24, 2.45) is 11.8 Å². The highest BCUT2D eigenvalue weighted by molar-refractivity contribution is 5.67. The van der Waals surface area contributed by atoms with Gasteiger partial charge in [-0.25, -0.2) is 0 Å². The summed E-state index contributed by atoms with van der Waals surface area (Å²) in [6.45, 7) is 4.04. The van der Waals surface area contributed by atoms with E-state index >= 15 is 0 Å². The molecule has 1 saturated heterocycles. The van der Waals surface area contributed by atoms with Gasteiger partial charge in [-0.15, -0.1) is 0 Å². The molecule has 1 fully saturated rings. The molecule has 0 aromatic carbocycles. The second-order valence-corrected chi connectivity index (χ2v) is 3.33. The molecule has 0 unspecified atom stereocenters. The molecule has 2 atom stereocenters. The van der Waals surface area contributed by atoms with E-state index in [1.165, 1.54) is 0 Å². The van der Waals surface area contributed by atoms with Crippen molar-refractivity contribution in [3.05, 3.63) is 0 Å². The zero-order valence-electron chi connectivity index (χ0n) is 6.84. The Balaban J connectivity index is 2.35. The molecule has 2 N–H and O–H groups in total. The van der Waals surface area contributed by atoms with Gasteiger partial charge < -0.3 is 10.4 Å². The van der Waals surface area contributed by atoms with Crippen LogP contribution < -0.4 is 5.32 Å². The molecule has 64 valence electrons. The minimum atomic E-state index is -0.675. The SMILES string of the molecule is C[C@@H]1CCNC[C@@H]1CC(=O)O. The summed E-state index contributed by atoms with van der Waals surface area (Å²) in [6, 6.07) is 0. The molecule has 1 aliphatic heterocycles. The second kappa shape index (κ2) is 3.72. The van der Waals surface area contributed by atoms with Gasteiger partial charge in [0.05, 0.1) is 0 Å². The number of hydrogen-bond acceptors (Lipinski definition) is 2. The summed E-state index contributed by atoms with van der Waals surface area (Å²) in [5, 5.41) is 11.8. The number of nitrogens with one attached hydrogen (secondary N) is 1. The first-order valence-electron chi connectivity index (χ1n) is 4.12. The molecule has 3 heteroatoms. The highest BCUT2D eigenvalue weighted by Gasteiger charge is 2.22. The van der Waals surface area contributed by atoms with Crippen molar-refractivity contribution >= 4 is 5.97 Å². The van der Waals surface area contributed by atoms with Gasteiger partial charge in [-0.05, 0) is 31.3 Å². The van der Waals surface area contributed by atoms with Crippen LogP contribution in [0.25, 0.3) is 0 Å². The average molecular weight is 157 g/mol. The molecule has 0 radical (unpaired) electrons. The summed E-state index contributed by atoms with van der Waals surface area (Å²) >= 11 is 0. The molecule has 0 saturated carbocycles. The predicted octanol–water partition coefficient (Wildman–Crippen LogP) is 0.707. The summed E-state index contributed by atoms with van der Waals surface area (Å²) in [4.78, 5) is 10.4. The Morgan fingerprint density at radius 3 is 3.00 bits per heavy atom. The summed E-state index contributed by atoms with van der Waals surface area (Å²) in [5.74, 6) is 0.221. The lowest BCUT2D eigenvalue weighted by atomic mass is 9.86. The number of piperidine rings is 1. The third kappa shape index (κ3) is 2.50. The van der Waals surface area contributed by atoms with Crippen LogP contribution >= 0.6 is 0 Å². The fraction of sp³-hybridized carbons (Fsp3) is 0.875. The zero-order chi connectivity index (χ0) is 8.27. The summed E-state index contributed by atoms with van der Waals surface area (Å²) in [7, 11) is 0. The fourth-order valence-corrected chi connectivity index (χ4v) is 1.55. The molecule has 0 aromatic rings. The number of carbonyl (C=O) groups is 1. The third-order valence-electron chi connectivity index (χ3n) is 2.42. The molecule has 0 aromatic heterocycles. The van der Waals surface area contributed by atoms with Gasteiger partial charge in [0.2, 0.25) is 0 Å². The normalized spacial score (nSPS) is 31.7. The van der Waals surface area contributed by atoms with E-state index in [4.69, 9.17) is 5.11 Å². The van der Waals surface area contributed by atoms with Crippen LogP contribution in [0.4, 0.5) is 0 Å². The minimum absolute atomic E-state index is 0.314. The lowest BCUT2D eigenvalue weighted by Crippen LogP contribution is -2.36. The van der Waals surface area contributed by atoms with E-state index in [0.717, 1.165) is 19.5 Å². The van der Waals surface area contributed by atoms with Gasteiger partial charge in [0.25, 0.3) is 0 Å². The van der Waals surface area contributed by atoms with E-state index in [-0.39, 0.29) is 0 Å². The molecule has 11 heavy (non-hydrogen) atoms. The largest absolute Gasteiger partial charge is 0.481 e. The minimum Gasteiger partial charge on any atom is -0.481 e. The zero-order valence-corrected chi connectivity index (χ0v) is 6.84. The monoisotopic (exact) mass is 157 g/mol. The van der Waals surface area contributed by atoms with Gasteiger partial charge in [-0.3, -0.25) is 4.79 Å². The molecular formula is C8H15NO2. The van der Waals surface area contributed by atoms with Crippen molar-refractivity contribution in [1.82, 2.24) is 5.32 Å². The van der Waals surface area contributed by atoms with Crippen molar-refractivity contribution in [2.45, 2.75) is 19.8 Å². The van der Waals surface area contributed by atoms with Gasteiger partial charge in [0.15, 0.2) is 0 Å². The highest BCUT2D eigenvalue weighted by Crippen LogP contribution is 2.20. The molecule has 1 heterocycles. The van der Waals surface area contributed by atoms with E-state index in [1.54, 1.807) is 0 Å². The van der Waals surface area contributed by atoms with E-state index in [0.29, 0.717) is 18.3 Å². The van der Waals surface area contributed by atoms with Crippen LogP contribution in [0.5, 0.6) is 0 Å². The highest BCUT2D eigenvalue weighted by atomic mass is 16.4. The number of rotatable bonds is 2. The molecule has 0 amide bonds. The molecule has 0 spiro atoms. The summed E-state index contributed by atoms with van der Waals surface area (Å²) in [6.07, 6.45) is 1.42. The maximum Gasteiger partial charge on any atom is 0.303 e. The van der Waals surface area contributed by atoms with Gasteiger partial charge in [-0.2, -0.15) is 0 Å². The number of hydrogen-bond donors (Lipinski definition) is 2. The molecular weight excluding hydrogens is 142 g/mol. The Morgan fingerprint density at radius 2 is 2.45 bits per heavy atom. The quantitative estimate of drug-likeness (QED) is 0.620. The number of carboxylic acid groups (broad SMARTS) is 1. The van der Waals surface area contributed by atoms with Crippen LogP contribution in [0, 0.1) is 11.8 Å². The number of carboxylic acids is 1. The van der Waals surface area contributed by atoms with Gasteiger partial charge >= 0.3 is 5.97 Å². The standard InChI is InChI=1S/C8H15NO2/c1-6-2-3-9-5-7(6)4-8(10)11/h6-7,9H,2-5H2,1H3,(H,10,11)/t6-,7+/m1/s1. The van der Waals surface area contributed by atoms with Gasteiger partial charge in [-0.1, -0.05) is 6.92 Å². The topological polar surface area (TPSA) is 49.3 Å². The van der Waals surface area contributed by atoms with Gasteiger partial charge in [0.1, 0.15) is 0 Å². The molecule has 3 nitrogen and oxygen atoms in total. The smallest absolute Gasteiger partial charge is 0.303 e. The molecule has 0 aliphatic carbocycles. The number of aliphatic carboxylic acids is 1. The first kappa shape index (κ1) is 8.53. The second-order valence-electron chi connectivity index (χ2n) is 3.33. The van der Waals surface area contributed by atoms with Crippen LogP contribution in [0.2, 0.25) is 0 Å². The summed E-state index contributed by atoms with van der Waals surface area (Å²) < 4.78 is 0. The Labute approximate surface area is 66.8 Å². The Morgan fingerprint density at radius 1 is 1.73 bits per heavy atom. The van der Waals surface area contributed by atoms with Crippen LogP contribution in [-0.2, 0) is 4.79 Å². The first-order valence-corrected chi connectivity index (χ1v) is 4.12. The van der Waals surface area contributed by atoms with Crippen molar-refractivity contribution in [3.8, 4) is 0 Å². The van der Waals surface area contributed by atoms with Gasteiger partial charge in [0, 0.05) is 6.42 Å². The fourth-order valence-electron chi connectivity index (χ4n) is 1.55. The van der Waals surface area contributed by atoms with Crippen molar-refractivity contribution in [3.63, 3.8) is 0 Å². The Hall–Kier alpha value is -0.570. The van der Waals surface area contributed by atoms with E-state index in [9.17, 15) is 4.79 Å². The first-order chi connectivity index (χ1) is 5.20. The maximum atomic E-state index is 10.4. The maximum absolute atomic E-state index is 10.4. The van der Waals surface area contributed by atoms with Crippen molar-refractivity contribution < 1.29 is 9.90 Å². The van der Waals surface area contributed by atoms with Crippen LogP contribution in [0.3, 0.4) is 0 Å². The Bertz CT molecular complexity index is 147. The third-order valence-corrected chi connectivity index (χ3v) is 2.42. The predicted molar refractivity (Wildman–Crippen MR) is 42.4 cm³/mol. The van der Waals surface area contributed by atoms with Crippen LogP contribution in [-0.4, -0.2) is 24.2 Å². The van der Waals surface area contributed by atoms with Crippen molar-refractivity contribution in [2.75, 3.05) is 13.1 Å². The molecule has 1 rings (SSSR count). The van der Waals surface area contributed by atoms with Crippen LogP contribution in [0.1, 0.15) is 19.8 Å². The van der Waals surface area contributed by atoms with E-state index < -0.39 is 5.97 Å². The molecule has 1 aliphatic rings. The van der Waals surface area contributed by atoms with E-state index in [2.05, 4.69) is 12.2 Å². The van der Waals surface area contributed by atoms with Crippen molar-refractivity contribution in [1.29, 1.82) is 0 Å². The lowest BCUT2D eigenvalue weighted by molar-refractivity contribution is -0.138. The lowest BCUT2D eigenvalue weighted by Gasteiger charge is -2.28. The van der Waals surface area contributed by atoms with E-state index in [1.807, 2.05) is 0 Å². The summed E-state index contributed by atoms with van der Waals surface area (Å²) in [5.41, 5.74) is 0. The molecule has 0 bridgehead atoms. The van der Waals surface area contributed by atoms with Crippen LogP contribution in [0.15, 0.2) is 0 Å². The average Bonchev–Trinajstić information content (AvgIpc) is 1.93.